The molecular formula is C47H33N3. The number of para-hydroxylation sites is 1. The summed E-state index contributed by atoms with van der Waals surface area (Å²) in [7, 11) is 0. The Morgan fingerprint density at radius 3 is 1.78 bits per heavy atom. The molecule has 0 atom stereocenters. The molecule has 1 aliphatic carbocycles. The third-order valence-corrected chi connectivity index (χ3v) is 10.6. The van der Waals surface area contributed by atoms with Crippen LogP contribution in [0.2, 0.25) is 0 Å². The molecule has 2 heterocycles. The van der Waals surface area contributed by atoms with Crippen molar-refractivity contribution >= 4 is 32.6 Å². The molecule has 7 aromatic carbocycles. The third-order valence-electron chi connectivity index (χ3n) is 10.6. The first-order valence-electron chi connectivity index (χ1n) is 17.3. The zero-order valence-corrected chi connectivity index (χ0v) is 27.9. The topological polar surface area (TPSA) is 30.7 Å². The monoisotopic (exact) mass is 639 g/mol. The Morgan fingerprint density at radius 2 is 1.06 bits per heavy atom. The van der Waals surface area contributed by atoms with E-state index in [4.69, 9.17) is 9.97 Å². The zero-order chi connectivity index (χ0) is 33.4. The van der Waals surface area contributed by atoms with Crippen LogP contribution in [0.25, 0.3) is 83.3 Å². The lowest BCUT2D eigenvalue weighted by atomic mass is 9.80. The lowest BCUT2D eigenvalue weighted by Crippen LogP contribution is -2.16. The van der Waals surface area contributed by atoms with Crippen LogP contribution in [-0.2, 0) is 5.41 Å². The van der Waals surface area contributed by atoms with Gasteiger partial charge in [0.15, 0.2) is 5.82 Å². The van der Waals surface area contributed by atoms with Crippen LogP contribution in [0.3, 0.4) is 0 Å². The van der Waals surface area contributed by atoms with Crippen molar-refractivity contribution in [3.8, 4) is 50.7 Å². The maximum Gasteiger partial charge on any atom is 0.160 e. The quantitative estimate of drug-likeness (QED) is 0.192. The van der Waals surface area contributed by atoms with Crippen molar-refractivity contribution in [2.45, 2.75) is 19.3 Å². The SMILES string of the molecule is CC1(C)c2ccccc2-c2c1c1c(c3ccccc23)c2ccccc2n1-c1ccc(-c2cc(-c3ccccc3)nc(-c3ccccc3)n2)cc1. The fourth-order valence-electron chi connectivity index (χ4n) is 8.31. The van der Waals surface area contributed by atoms with Crippen LogP contribution in [-0.4, -0.2) is 14.5 Å². The molecule has 0 radical (unpaired) electrons. The van der Waals surface area contributed by atoms with Gasteiger partial charge in [-0.3, -0.25) is 0 Å². The van der Waals surface area contributed by atoms with E-state index in [-0.39, 0.29) is 5.41 Å². The first-order chi connectivity index (χ1) is 24.6. The highest BCUT2D eigenvalue weighted by Crippen LogP contribution is 2.56. The fraction of sp³-hybridized carbons (Fsp3) is 0.0638. The number of hydrogen-bond acceptors (Lipinski definition) is 2. The normalized spacial score (nSPS) is 13.2. The summed E-state index contributed by atoms with van der Waals surface area (Å²) in [4.78, 5) is 10.1. The molecule has 3 heteroatoms. The minimum atomic E-state index is -0.178. The minimum Gasteiger partial charge on any atom is -0.309 e. The number of fused-ring (bicyclic) bond motifs is 10. The molecule has 3 nitrogen and oxygen atoms in total. The highest BCUT2D eigenvalue weighted by atomic mass is 15.0. The Bertz CT molecular complexity index is 2700. The summed E-state index contributed by atoms with van der Waals surface area (Å²) in [6, 6.07) is 58.4. The third kappa shape index (κ3) is 4.17. The Balaban J connectivity index is 1.22. The molecule has 0 saturated heterocycles. The average molecular weight is 640 g/mol. The van der Waals surface area contributed by atoms with E-state index in [1.54, 1.807) is 0 Å². The van der Waals surface area contributed by atoms with Crippen molar-refractivity contribution in [2.24, 2.45) is 0 Å². The van der Waals surface area contributed by atoms with E-state index in [2.05, 4.69) is 158 Å². The van der Waals surface area contributed by atoms with Crippen molar-refractivity contribution < 1.29 is 0 Å². The van der Waals surface area contributed by atoms with Crippen LogP contribution < -0.4 is 0 Å². The number of aromatic nitrogens is 3. The molecule has 0 N–H and O–H groups in total. The van der Waals surface area contributed by atoms with Gasteiger partial charge >= 0.3 is 0 Å². The van der Waals surface area contributed by atoms with Crippen LogP contribution in [0.1, 0.15) is 25.0 Å². The van der Waals surface area contributed by atoms with Gasteiger partial charge in [0.2, 0.25) is 0 Å². The van der Waals surface area contributed by atoms with E-state index in [0.29, 0.717) is 0 Å². The minimum absolute atomic E-state index is 0.178. The highest BCUT2D eigenvalue weighted by Gasteiger charge is 2.40. The molecule has 0 amide bonds. The zero-order valence-electron chi connectivity index (χ0n) is 27.9. The maximum atomic E-state index is 5.10. The molecule has 0 fully saturated rings. The average Bonchev–Trinajstić information content (AvgIpc) is 3.65. The standard InChI is InChI=1S/C47H33N3/c1-47(2)38-23-13-11-21-36(38)42-34-19-9-10-20-35(34)43-37-22-12-14-24-41(37)50(45(43)44(42)47)33-27-25-31(26-28-33)40-29-39(30-15-5-3-6-16-30)48-46(49-40)32-17-7-4-8-18-32/h3-29H,1-2H3. The first-order valence-corrected chi connectivity index (χ1v) is 17.3. The van der Waals surface area contributed by atoms with Crippen LogP contribution in [0.5, 0.6) is 0 Å². The molecular weight excluding hydrogens is 607 g/mol. The van der Waals surface area contributed by atoms with Crippen molar-refractivity contribution in [3.05, 3.63) is 175 Å². The molecule has 0 saturated carbocycles. The molecule has 9 aromatic rings. The van der Waals surface area contributed by atoms with E-state index >= 15 is 0 Å². The van der Waals surface area contributed by atoms with Crippen LogP contribution >= 0.6 is 0 Å². The first kappa shape index (κ1) is 28.7. The summed E-state index contributed by atoms with van der Waals surface area (Å²) in [5, 5.41) is 5.20. The van der Waals surface area contributed by atoms with Gasteiger partial charge in [-0.25, -0.2) is 9.97 Å². The summed E-state index contributed by atoms with van der Waals surface area (Å²) in [5.41, 5.74) is 13.8. The maximum absolute atomic E-state index is 5.10. The molecule has 1 aliphatic rings. The van der Waals surface area contributed by atoms with Gasteiger partial charge in [-0.15, -0.1) is 0 Å². The van der Waals surface area contributed by atoms with Gasteiger partial charge in [-0.2, -0.15) is 0 Å². The summed E-state index contributed by atoms with van der Waals surface area (Å²) in [6.45, 7) is 4.78. The second-order valence-electron chi connectivity index (χ2n) is 13.8. The lowest BCUT2D eigenvalue weighted by Gasteiger charge is -2.24. The summed E-state index contributed by atoms with van der Waals surface area (Å²) in [6.07, 6.45) is 0. The van der Waals surface area contributed by atoms with E-state index in [1.807, 2.05) is 24.3 Å². The molecule has 236 valence electrons. The Morgan fingerprint density at radius 1 is 0.500 bits per heavy atom. The second-order valence-corrected chi connectivity index (χ2v) is 13.8. The predicted octanol–water partition coefficient (Wildman–Crippen LogP) is 12.0. The van der Waals surface area contributed by atoms with Gasteiger partial charge in [0.1, 0.15) is 0 Å². The summed E-state index contributed by atoms with van der Waals surface area (Å²) < 4.78 is 2.50. The van der Waals surface area contributed by atoms with E-state index < -0.39 is 0 Å². The fourth-order valence-corrected chi connectivity index (χ4v) is 8.31. The largest absolute Gasteiger partial charge is 0.309 e. The van der Waals surface area contributed by atoms with E-state index in [1.165, 1.54) is 54.8 Å². The summed E-state index contributed by atoms with van der Waals surface area (Å²) in [5.74, 6) is 0.720. The molecule has 0 spiro atoms. The molecule has 0 bridgehead atoms. The van der Waals surface area contributed by atoms with Crippen molar-refractivity contribution in [1.82, 2.24) is 14.5 Å². The van der Waals surface area contributed by atoms with Gasteiger partial charge in [0.05, 0.1) is 22.4 Å². The number of nitrogens with zero attached hydrogens (tertiary/aromatic N) is 3. The van der Waals surface area contributed by atoms with Gasteiger partial charge in [-0.05, 0) is 57.3 Å². The molecule has 0 aliphatic heterocycles. The lowest BCUT2D eigenvalue weighted by molar-refractivity contribution is 0.664. The summed E-state index contributed by atoms with van der Waals surface area (Å²) >= 11 is 0. The Hall–Kier alpha value is -6.32. The van der Waals surface area contributed by atoms with Crippen LogP contribution in [0.15, 0.2) is 164 Å². The predicted molar refractivity (Wildman–Crippen MR) is 208 cm³/mol. The van der Waals surface area contributed by atoms with Gasteiger partial charge in [-0.1, -0.05) is 153 Å². The Kier molecular flexibility index (Phi) is 6.22. The van der Waals surface area contributed by atoms with E-state index in [0.717, 1.165) is 39.6 Å². The number of rotatable bonds is 4. The molecule has 50 heavy (non-hydrogen) atoms. The molecule has 10 rings (SSSR count). The van der Waals surface area contributed by atoms with Crippen molar-refractivity contribution in [2.75, 3.05) is 0 Å². The van der Waals surface area contributed by atoms with Crippen LogP contribution in [0, 0.1) is 0 Å². The highest BCUT2D eigenvalue weighted by molar-refractivity contribution is 6.26. The van der Waals surface area contributed by atoms with Crippen molar-refractivity contribution in [3.63, 3.8) is 0 Å². The van der Waals surface area contributed by atoms with Gasteiger partial charge in [0, 0.05) is 38.6 Å². The smallest absolute Gasteiger partial charge is 0.160 e. The molecule has 0 unspecified atom stereocenters. The molecule has 2 aromatic heterocycles. The van der Waals surface area contributed by atoms with Gasteiger partial charge in [0.25, 0.3) is 0 Å². The second kappa shape index (κ2) is 10.8. The number of hydrogen-bond donors (Lipinski definition) is 0. The van der Waals surface area contributed by atoms with Crippen molar-refractivity contribution in [1.29, 1.82) is 0 Å². The van der Waals surface area contributed by atoms with Crippen LogP contribution in [0.4, 0.5) is 0 Å². The van der Waals surface area contributed by atoms with Gasteiger partial charge < -0.3 is 4.57 Å². The van der Waals surface area contributed by atoms with E-state index in [9.17, 15) is 0 Å². The number of benzene rings is 7. The Labute approximate surface area is 291 Å².